The van der Waals surface area contributed by atoms with Crippen LogP contribution in [0.15, 0.2) is 12.7 Å². The summed E-state index contributed by atoms with van der Waals surface area (Å²) in [5.74, 6) is -4.03. The standard InChI is InChI=1S/C12H18F2O2/c1-3-12(13,14)11(16-9(2)15)10-7-5-4-6-8-10/h3,10-11H,1,4-8H2,2H3/t11-/m0/s1. The lowest BCUT2D eigenvalue weighted by molar-refractivity contribution is -0.172. The van der Waals surface area contributed by atoms with Crippen molar-refractivity contribution < 1.29 is 18.3 Å². The zero-order chi connectivity index (χ0) is 12.2. The SMILES string of the molecule is C=CC(F)(F)[C@@H](OC(C)=O)C1CCCCC1. The van der Waals surface area contributed by atoms with Crippen LogP contribution in [0.5, 0.6) is 0 Å². The van der Waals surface area contributed by atoms with Gasteiger partial charge in [0.25, 0.3) is 0 Å². The number of rotatable bonds is 4. The van der Waals surface area contributed by atoms with Crippen LogP contribution < -0.4 is 0 Å². The highest BCUT2D eigenvalue weighted by Crippen LogP contribution is 2.36. The normalized spacial score (nSPS) is 20.2. The first-order chi connectivity index (χ1) is 7.47. The van der Waals surface area contributed by atoms with Gasteiger partial charge in [-0.15, -0.1) is 0 Å². The zero-order valence-corrected chi connectivity index (χ0v) is 9.55. The quantitative estimate of drug-likeness (QED) is 0.549. The van der Waals surface area contributed by atoms with Crippen LogP contribution in [0.3, 0.4) is 0 Å². The fourth-order valence-corrected chi connectivity index (χ4v) is 2.22. The van der Waals surface area contributed by atoms with Crippen LogP contribution in [-0.4, -0.2) is 18.0 Å². The summed E-state index contributed by atoms with van der Waals surface area (Å²) >= 11 is 0. The molecule has 92 valence electrons. The first-order valence-electron chi connectivity index (χ1n) is 5.66. The molecule has 0 aromatic carbocycles. The smallest absolute Gasteiger partial charge is 0.303 e. The van der Waals surface area contributed by atoms with Gasteiger partial charge in [-0.25, -0.2) is 0 Å². The monoisotopic (exact) mass is 232 g/mol. The minimum absolute atomic E-state index is 0.245. The molecule has 2 nitrogen and oxygen atoms in total. The third-order valence-corrected chi connectivity index (χ3v) is 3.02. The Bertz CT molecular complexity index is 258. The van der Waals surface area contributed by atoms with Crippen molar-refractivity contribution in [2.75, 3.05) is 0 Å². The Kier molecular flexibility index (Phi) is 4.44. The molecule has 0 bridgehead atoms. The summed E-state index contributed by atoms with van der Waals surface area (Å²) in [6, 6.07) is 0. The highest BCUT2D eigenvalue weighted by atomic mass is 19.3. The Morgan fingerprint density at radius 1 is 1.44 bits per heavy atom. The van der Waals surface area contributed by atoms with Gasteiger partial charge >= 0.3 is 11.9 Å². The maximum atomic E-state index is 13.6. The van der Waals surface area contributed by atoms with E-state index in [4.69, 9.17) is 4.74 Å². The molecule has 0 aliphatic heterocycles. The molecule has 0 aromatic heterocycles. The molecule has 1 fully saturated rings. The summed E-state index contributed by atoms with van der Waals surface area (Å²) in [7, 11) is 0. The second-order valence-corrected chi connectivity index (χ2v) is 4.31. The molecule has 0 heterocycles. The van der Waals surface area contributed by atoms with E-state index >= 15 is 0 Å². The van der Waals surface area contributed by atoms with E-state index in [1.807, 2.05) is 0 Å². The molecule has 16 heavy (non-hydrogen) atoms. The van der Waals surface area contributed by atoms with Crippen molar-refractivity contribution >= 4 is 5.97 Å². The van der Waals surface area contributed by atoms with E-state index in [2.05, 4.69) is 6.58 Å². The fourth-order valence-electron chi connectivity index (χ4n) is 2.22. The van der Waals surface area contributed by atoms with Gasteiger partial charge in [-0.05, 0) is 18.9 Å². The number of alkyl halides is 2. The van der Waals surface area contributed by atoms with Crippen molar-refractivity contribution in [2.45, 2.75) is 51.1 Å². The second-order valence-electron chi connectivity index (χ2n) is 4.31. The molecule has 0 radical (unpaired) electrons. The second kappa shape index (κ2) is 5.41. The Hall–Kier alpha value is -0.930. The van der Waals surface area contributed by atoms with Gasteiger partial charge in [-0.3, -0.25) is 4.79 Å². The van der Waals surface area contributed by atoms with Gasteiger partial charge in [0.1, 0.15) is 0 Å². The Morgan fingerprint density at radius 2 is 2.00 bits per heavy atom. The average Bonchev–Trinajstić information content (AvgIpc) is 2.27. The molecule has 0 aromatic rings. The molecule has 0 saturated heterocycles. The van der Waals surface area contributed by atoms with Gasteiger partial charge in [-0.2, -0.15) is 8.78 Å². The zero-order valence-electron chi connectivity index (χ0n) is 9.55. The van der Waals surface area contributed by atoms with Gasteiger partial charge in [0, 0.05) is 12.8 Å². The number of esters is 1. The van der Waals surface area contributed by atoms with E-state index in [0.29, 0.717) is 18.9 Å². The minimum Gasteiger partial charge on any atom is -0.455 e. The summed E-state index contributed by atoms with van der Waals surface area (Å²) < 4.78 is 31.9. The molecule has 0 N–H and O–H groups in total. The van der Waals surface area contributed by atoms with Crippen LogP contribution >= 0.6 is 0 Å². The van der Waals surface area contributed by atoms with Gasteiger partial charge < -0.3 is 4.74 Å². The number of halogens is 2. The average molecular weight is 232 g/mol. The number of hydrogen-bond acceptors (Lipinski definition) is 2. The Balaban J connectivity index is 2.76. The summed E-state index contributed by atoms with van der Waals surface area (Å²) in [6.45, 7) is 4.28. The van der Waals surface area contributed by atoms with Gasteiger partial charge in [0.15, 0.2) is 6.10 Å². The van der Waals surface area contributed by atoms with Crippen molar-refractivity contribution in [1.29, 1.82) is 0 Å². The van der Waals surface area contributed by atoms with Crippen LogP contribution in [-0.2, 0) is 9.53 Å². The third-order valence-electron chi connectivity index (χ3n) is 3.02. The molecule has 1 saturated carbocycles. The van der Waals surface area contributed by atoms with Crippen LogP contribution in [0.1, 0.15) is 39.0 Å². The first kappa shape index (κ1) is 13.1. The lowest BCUT2D eigenvalue weighted by Crippen LogP contribution is -2.42. The van der Waals surface area contributed by atoms with E-state index in [9.17, 15) is 13.6 Å². The van der Waals surface area contributed by atoms with Crippen molar-refractivity contribution in [2.24, 2.45) is 5.92 Å². The molecule has 0 unspecified atom stereocenters. The summed E-state index contributed by atoms with van der Waals surface area (Å²) in [5, 5.41) is 0. The van der Waals surface area contributed by atoms with E-state index < -0.39 is 18.0 Å². The van der Waals surface area contributed by atoms with E-state index in [0.717, 1.165) is 26.2 Å². The van der Waals surface area contributed by atoms with Crippen molar-refractivity contribution in [3.05, 3.63) is 12.7 Å². The molecule has 1 rings (SSSR count). The highest BCUT2D eigenvalue weighted by Gasteiger charge is 2.44. The van der Waals surface area contributed by atoms with Gasteiger partial charge in [0.05, 0.1) is 0 Å². The lowest BCUT2D eigenvalue weighted by Gasteiger charge is -2.33. The number of carbonyl (C=O) groups is 1. The first-order valence-corrected chi connectivity index (χ1v) is 5.66. The summed E-state index contributed by atoms with van der Waals surface area (Å²) in [4.78, 5) is 10.9. The Labute approximate surface area is 94.7 Å². The maximum Gasteiger partial charge on any atom is 0.303 e. The molecule has 1 aliphatic rings. The number of hydrogen-bond donors (Lipinski definition) is 0. The van der Waals surface area contributed by atoms with Crippen LogP contribution in [0.25, 0.3) is 0 Å². The topological polar surface area (TPSA) is 26.3 Å². The maximum absolute atomic E-state index is 13.6. The van der Waals surface area contributed by atoms with E-state index in [1.165, 1.54) is 0 Å². The molecule has 4 heteroatoms. The summed E-state index contributed by atoms with van der Waals surface area (Å²) in [6.07, 6.45) is 3.55. The van der Waals surface area contributed by atoms with Gasteiger partial charge in [0.2, 0.25) is 0 Å². The minimum atomic E-state index is -3.13. The van der Waals surface area contributed by atoms with Crippen molar-refractivity contribution in [3.8, 4) is 0 Å². The Morgan fingerprint density at radius 3 is 2.44 bits per heavy atom. The predicted octanol–water partition coefficient (Wildman–Crippen LogP) is 3.32. The highest BCUT2D eigenvalue weighted by molar-refractivity contribution is 5.66. The third kappa shape index (κ3) is 3.29. The van der Waals surface area contributed by atoms with Gasteiger partial charge in [-0.1, -0.05) is 25.8 Å². The van der Waals surface area contributed by atoms with Crippen molar-refractivity contribution in [3.63, 3.8) is 0 Å². The largest absolute Gasteiger partial charge is 0.455 e. The van der Waals surface area contributed by atoms with Crippen molar-refractivity contribution in [1.82, 2.24) is 0 Å². The molecular formula is C12H18F2O2. The fraction of sp³-hybridized carbons (Fsp3) is 0.750. The molecule has 0 amide bonds. The van der Waals surface area contributed by atoms with E-state index in [-0.39, 0.29) is 5.92 Å². The lowest BCUT2D eigenvalue weighted by atomic mass is 9.83. The summed E-state index contributed by atoms with van der Waals surface area (Å²) in [5.41, 5.74) is 0. The van der Waals surface area contributed by atoms with Crippen LogP contribution in [0.2, 0.25) is 0 Å². The molecular weight excluding hydrogens is 214 g/mol. The molecule has 0 spiro atoms. The predicted molar refractivity (Wildman–Crippen MR) is 57.3 cm³/mol. The van der Waals surface area contributed by atoms with Crippen LogP contribution in [0, 0.1) is 5.92 Å². The molecule has 1 atom stereocenters. The molecule has 1 aliphatic carbocycles. The number of carbonyl (C=O) groups excluding carboxylic acids is 1. The van der Waals surface area contributed by atoms with E-state index in [1.54, 1.807) is 0 Å². The van der Waals surface area contributed by atoms with Crippen LogP contribution in [0.4, 0.5) is 8.78 Å². The number of ether oxygens (including phenoxy) is 1.